The van der Waals surface area contributed by atoms with Crippen LogP contribution >= 0.6 is 0 Å². The molecule has 18 heavy (non-hydrogen) atoms. The van der Waals surface area contributed by atoms with Crippen LogP contribution in [0.4, 0.5) is 0 Å². The first kappa shape index (κ1) is 14.3. The zero-order valence-corrected chi connectivity index (χ0v) is 13.0. The van der Waals surface area contributed by atoms with Gasteiger partial charge in [0, 0.05) is 24.7 Å². The molecule has 0 aromatic heterocycles. The molecule has 4 unspecified atom stereocenters. The van der Waals surface area contributed by atoms with Gasteiger partial charge in [-0.25, -0.2) is 0 Å². The van der Waals surface area contributed by atoms with E-state index in [9.17, 15) is 0 Å². The average Bonchev–Trinajstić information content (AvgIpc) is 2.86. The van der Waals surface area contributed by atoms with Gasteiger partial charge in [-0.2, -0.15) is 0 Å². The molecular formula is C16H32N2. The molecule has 2 nitrogen and oxygen atoms in total. The second-order valence-corrected chi connectivity index (χ2v) is 7.85. The van der Waals surface area contributed by atoms with Gasteiger partial charge in [-0.05, 0) is 71.8 Å². The molecule has 2 heteroatoms. The third kappa shape index (κ3) is 3.71. The van der Waals surface area contributed by atoms with Crippen LogP contribution in [0.15, 0.2) is 0 Å². The lowest BCUT2D eigenvalue weighted by molar-refractivity contribution is 0.172. The SMILES string of the molecule is CC(CNC(C)(C)C)N(C)CC1CC2CCC1C2. The number of fused-ring (bicyclic) bond motifs is 2. The summed E-state index contributed by atoms with van der Waals surface area (Å²) in [6, 6.07) is 0.642. The summed E-state index contributed by atoms with van der Waals surface area (Å²) in [6.07, 6.45) is 6.07. The van der Waals surface area contributed by atoms with Gasteiger partial charge in [0.05, 0.1) is 0 Å². The number of nitrogens with one attached hydrogen (secondary N) is 1. The Morgan fingerprint density at radius 2 is 1.94 bits per heavy atom. The molecule has 0 amide bonds. The van der Waals surface area contributed by atoms with Crippen LogP contribution < -0.4 is 5.32 Å². The highest BCUT2D eigenvalue weighted by Crippen LogP contribution is 2.48. The fraction of sp³-hybridized carbons (Fsp3) is 1.00. The van der Waals surface area contributed by atoms with Crippen molar-refractivity contribution in [2.45, 2.75) is 65.0 Å². The molecule has 0 spiro atoms. The van der Waals surface area contributed by atoms with Crippen LogP contribution in [0.3, 0.4) is 0 Å². The second-order valence-electron chi connectivity index (χ2n) is 7.85. The summed E-state index contributed by atoms with van der Waals surface area (Å²) in [6.45, 7) is 11.5. The molecule has 2 rings (SSSR count). The first-order valence-electron chi connectivity index (χ1n) is 7.80. The van der Waals surface area contributed by atoms with E-state index in [2.05, 4.69) is 45.0 Å². The lowest BCUT2D eigenvalue weighted by atomic mass is 9.88. The zero-order valence-electron chi connectivity index (χ0n) is 13.0. The summed E-state index contributed by atoms with van der Waals surface area (Å²) in [5.74, 6) is 3.13. The molecule has 0 aromatic carbocycles. The maximum atomic E-state index is 3.62. The third-order valence-electron chi connectivity index (χ3n) is 5.09. The molecule has 2 aliphatic carbocycles. The van der Waals surface area contributed by atoms with E-state index >= 15 is 0 Å². The second kappa shape index (κ2) is 5.50. The van der Waals surface area contributed by atoms with E-state index in [-0.39, 0.29) is 5.54 Å². The standard InChI is InChI=1S/C16H32N2/c1-12(10-17-16(2,3)4)18(5)11-15-9-13-6-7-14(15)8-13/h12-15,17H,6-11H2,1-5H3. The van der Waals surface area contributed by atoms with Gasteiger partial charge >= 0.3 is 0 Å². The number of hydrogen-bond donors (Lipinski definition) is 1. The molecule has 106 valence electrons. The molecule has 2 fully saturated rings. The molecule has 0 radical (unpaired) electrons. The van der Waals surface area contributed by atoms with Crippen LogP contribution in [0.1, 0.15) is 53.4 Å². The van der Waals surface area contributed by atoms with Gasteiger partial charge in [0.2, 0.25) is 0 Å². The smallest absolute Gasteiger partial charge is 0.0189 e. The summed E-state index contributed by atoms with van der Waals surface area (Å²) in [7, 11) is 2.31. The van der Waals surface area contributed by atoms with Gasteiger partial charge in [-0.3, -0.25) is 0 Å². The number of likely N-dealkylation sites (N-methyl/N-ethyl adjacent to an activating group) is 1. The van der Waals surface area contributed by atoms with E-state index in [1.807, 2.05) is 0 Å². The van der Waals surface area contributed by atoms with Gasteiger partial charge in [0.15, 0.2) is 0 Å². The Morgan fingerprint density at radius 1 is 1.22 bits per heavy atom. The molecule has 2 saturated carbocycles. The fourth-order valence-corrected chi connectivity index (χ4v) is 3.76. The normalized spacial score (nSPS) is 33.3. The molecular weight excluding hydrogens is 220 g/mol. The fourth-order valence-electron chi connectivity index (χ4n) is 3.76. The largest absolute Gasteiger partial charge is 0.311 e. The Balaban J connectivity index is 1.72. The van der Waals surface area contributed by atoms with Gasteiger partial charge < -0.3 is 10.2 Å². The van der Waals surface area contributed by atoms with E-state index < -0.39 is 0 Å². The van der Waals surface area contributed by atoms with E-state index in [1.54, 1.807) is 0 Å². The van der Waals surface area contributed by atoms with Crippen LogP contribution in [0.5, 0.6) is 0 Å². The molecule has 1 N–H and O–H groups in total. The van der Waals surface area contributed by atoms with Crippen LogP contribution in [0, 0.1) is 17.8 Å². The summed E-state index contributed by atoms with van der Waals surface area (Å²) >= 11 is 0. The Labute approximate surface area is 114 Å². The summed E-state index contributed by atoms with van der Waals surface area (Å²) in [5, 5.41) is 3.62. The minimum Gasteiger partial charge on any atom is -0.311 e. The quantitative estimate of drug-likeness (QED) is 0.809. The monoisotopic (exact) mass is 252 g/mol. The van der Waals surface area contributed by atoms with E-state index in [0.717, 1.165) is 24.3 Å². The molecule has 0 aliphatic heterocycles. The first-order valence-corrected chi connectivity index (χ1v) is 7.80. The highest BCUT2D eigenvalue weighted by molar-refractivity contribution is 4.91. The molecule has 2 aliphatic rings. The van der Waals surface area contributed by atoms with Crippen molar-refractivity contribution in [1.29, 1.82) is 0 Å². The Morgan fingerprint density at radius 3 is 2.44 bits per heavy atom. The van der Waals surface area contributed by atoms with Crippen molar-refractivity contribution < 1.29 is 0 Å². The summed E-state index contributed by atoms with van der Waals surface area (Å²) in [5.41, 5.74) is 0.238. The number of nitrogens with zero attached hydrogens (tertiary/aromatic N) is 1. The average molecular weight is 252 g/mol. The Kier molecular flexibility index (Phi) is 4.38. The minimum atomic E-state index is 0.238. The predicted molar refractivity (Wildman–Crippen MR) is 78.8 cm³/mol. The maximum Gasteiger partial charge on any atom is 0.0189 e. The van der Waals surface area contributed by atoms with E-state index in [0.29, 0.717) is 6.04 Å². The van der Waals surface area contributed by atoms with Crippen molar-refractivity contribution >= 4 is 0 Å². The minimum absolute atomic E-state index is 0.238. The van der Waals surface area contributed by atoms with Crippen molar-refractivity contribution in [2.75, 3.05) is 20.1 Å². The highest BCUT2D eigenvalue weighted by Gasteiger charge is 2.39. The molecule has 0 aromatic rings. The topological polar surface area (TPSA) is 15.3 Å². The van der Waals surface area contributed by atoms with Crippen molar-refractivity contribution in [1.82, 2.24) is 10.2 Å². The van der Waals surface area contributed by atoms with Gasteiger partial charge in [-0.1, -0.05) is 6.42 Å². The van der Waals surface area contributed by atoms with Gasteiger partial charge in [0.1, 0.15) is 0 Å². The first-order chi connectivity index (χ1) is 8.35. The third-order valence-corrected chi connectivity index (χ3v) is 5.09. The lowest BCUT2D eigenvalue weighted by Crippen LogP contribution is -2.46. The van der Waals surface area contributed by atoms with Gasteiger partial charge in [0.25, 0.3) is 0 Å². The van der Waals surface area contributed by atoms with Crippen LogP contribution in [0.2, 0.25) is 0 Å². The van der Waals surface area contributed by atoms with Crippen molar-refractivity contribution in [2.24, 2.45) is 17.8 Å². The van der Waals surface area contributed by atoms with Crippen LogP contribution in [-0.4, -0.2) is 36.6 Å². The van der Waals surface area contributed by atoms with Gasteiger partial charge in [-0.15, -0.1) is 0 Å². The van der Waals surface area contributed by atoms with E-state index in [4.69, 9.17) is 0 Å². The lowest BCUT2D eigenvalue weighted by Gasteiger charge is -2.33. The van der Waals surface area contributed by atoms with Crippen LogP contribution in [0.25, 0.3) is 0 Å². The maximum absolute atomic E-state index is 3.62. The molecule has 0 heterocycles. The highest BCUT2D eigenvalue weighted by atomic mass is 15.2. The summed E-state index contributed by atoms with van der Waals surface area (Å²) in [4.78, 5) is 2.57. The molecule has 4 atom stereocenters. The zero-order chi connectivity index (χ0) is 13.3. The predicted octanol–water partition coefficient (Wildman–Crippen LogP) is 3.13. The molecule has 0 saturated heterocycles. The Bertz CT molecular complexity index is 269. The van der Waals surface area contributed by atoms with Crippen molar-refractivity contribution in [3.8, 4) is 0 Å². The molecule has 2 bridgehead atoms. The Hall–Kier alpha value is -0.0800. The van der Waals surface area contributed by atoms with E-state index in [1.165, 1.54) is 32.2 Å². The number of hydrogen-bond acceptors (Lipinski definition) is 2. The van der Waals surface area contributed by atoms with Crippen LogP contribution in [-0.2, 0) is 0 Å². The van der Waals surface area contributed by atoms with Crippen molar-refractivity contribution in [3.63, 3.8) is 0 Å². The number of rotatable bonds is 5. The summed E-state index contributed by atoms with van der Waals surface area (Å²) < 4.78 is 0. The van der Waals surface area contributed by atoms with Crippen molar-refractivity contribution in [3.05, 3.63) is 0 Å².